The zero-order valence-electron chi connectivity index (χ0n) is 42.7. The van der Waals surface area contributed by atoms with Crippen molar-refractivity contribution in [2.45, 2.75) is 264 Å². The lowest BCUT2D eigenvalue weighted by atomic mass is 10.0. The zero-order valence-corrected chi connectivity index (χ0v) is 42.7. The van der Waals surface area contributed by atoms with Gasteiger partial charge in [-0.25, -0.2) is 0 Å². The summed E-state index contributed by atoms with van der Waals surface area (Å²) < 4.78 is 22.6. The van der Waals surface area contributed by atoms with E-state index in [1.54, 1.807) is 0 Å². The predicted octanol–water partition coefficient (Wildman–Crippen LogP) is 13.8. The number of nitrogens with zero attached hydrogens (tertiary/aromatic N) is 1. The van der Waals surface area contributed by atoms with E-state index in [0.29, 0.717) is 17.4 Å². The molecule has 0 N–H and O–H groups in total. The van der Waals surface area contributed by atoms with Crippen LogP contribution in [-0.2, 0) is 33.3 Å². The molecule has 0 amide bonds. The summed E-state index contributed by atoms with van der Waals surface area (Å²) >= 11 is 0. The Hall–Kier alpha value is -2.23. The highest BCUT2D eigenvalue weighted by Gasteiger charge is 2.22. The van der Waals surface area contributed by atoms with Crippen LogP contribution in [0.5, 0.6) is 0 Å². The lowest BCUT2D eigenvalue weighted by Crippen LogP contribution is -2.44. The Balaban J connectivity index is 4.00. The Labute approximate surface area is 395 Å². The second kappa shape index (κ2) is 47.3. The maximum Gasteiger partial charge on any atom is 0.306 e. The number of carboxylic acids is 1. The maximum absolute atomic E-state index is 12.8. The Morgan fingerprint density at radius 1 is 0.469 bits per heavy atom. The van der Waals surface area contributed by atoms with Crippen molar-refractivity contribution in [3.05, 3.63) is 24.3 Å². The molecule has 0 aliphatic rings. The summed E-state index contributed by atoms with van der Waals surface area (Å²) in [5.41, 5.74) is 0. The number of carbonyl (C=O) groups is 3. The fourth-order valence-corrected chi connectivity index (χ4v) is 7.74. The number of hydrogen-bond donors (Lipinski definition) is 0. The van der Waals surface area contributed by atoms with Crippen molar-refractivity contribution in [1.82, 2.24) is 0 Å². The van der Waals surface area contributed by atoms with Crippen LogP contribution in [0.25, 0.3) is 0 Å². The first kappa shape index (κ1) is 61.8. The highest BCUT2D eigenvalue weighted by atomic mass is 16.7. The van der Waals surface area contributed by atoms with Gasteiger partial charge in [-0.05, 0) is 44.9 Å². The molecular formula is C55H103NO8. The highest BCUT2D eigenvalue weighted by Crippen LogP contribution is 2.16. The van der Waals surface area contributed by atoms with Crippen LogP contribution in [0.1, 0.15) is 251 Å². The molecule has 376 valence electrons. The second-order valence-corrected chi connectivity index (χ2v) is 19.5. The van der Waals surface area contributed by atoms with Crippen LogP contribution in [0.4, 0.5) is 0 Å². The molecular weight excluding hydrogens is 803 g/mol. The molecule has 9 heteroatoms. The first-order chi connectivity index (χ1) is 31.1. The minimum Gasteiger partial charge on any atom is -0.545 e. The lowest BCUT2D eigenvalue weighted by Gasteiger charge is -2.26. The van der Waals surface area contributed by atoms with Crippen molar-refractivity contribution >= 4 is 17.9 Å². The number of ether oxygens (including phenoxy) is 4. The van der Waals surface area contributed by atoms with E-state index in [0.717, 1.165) is 44.9 Å². The largest absolute Gasteiger partial charge is 0.545 e. The van der Waals surface area contributed by atoms with Crippen LogP contribution in [0, 0.1) is 0 Å². The maximum atomic E-state index is 12.8. The summed E-state index contributed by atoms with van der Waals surface area (Å²) in [5, 5.41) is 11.7. The number of carboxylic acid groups (broad SMARTS) is 1. The molecule has 0 saturated heterocycles. The molecule has 0 spiro atoms. The minimum absolute atomic E-state index is 0.151. The van der Waals surface area contributed by atoms with E-state index in [1.807, 2.05) is 21.1 Å². The molecule has 2 atom stereocenters. The number of quaternary nitrogens is 1. The number of esters is 2. The van der Waals surface area contributed by atoms with E-state index >= 15 is 0 Å². The van der Waals surface area contributed by atoms with Gasteiger partial charge in [0.15, 0.2) is 12.4 Å². The summed E-state index contributed by atoms with van der Waals surface area (Å²) in [5.74, 6) is -2.27. The standard InChI is InChI=1S/C55H103NO8/c1-6-8-10-12-14-16-17-18-19-20-21-22-23-24-25-26-27-28-29-30-31-32-33-34-35-36-37-38-40-42-44-46-53(58)64-51(50-63-55(54(59)60)61-48-47-56(3,4)5)49-62-52(57)45-43-41-39-15-13-11-9-7-2/h17-18,20-21,51,55H,6-16,19,22-50H2,1-5H3/b18-17-,21-20-. The van der Waals surface area contributed by atoms with Crippen molar-refractivity contribution in [3.63, 3.8) is 0 Å². The van der Waals surface area contributed by atoms with Crippen LogP contribution < -0.4 is 5.11 Å². The third-order valence-corrected chi connectivity index (χ3v) is 12.0. The molecule has 0 aromatic heterocycles. The Morgan fingerprint density at radius 3 is 1.23 bits per heavy atom. The van der Waals surface area contributed by atoms with E-state index in [-0.39, 0.29) is 32.2 Å². The van der Waals surface area contributed by atoms with Crippen molar-refractivity contribution in [1.29, 1.82) is 0 Å². The van der Waals surface area contributed by atoms with Gasteiger partial charge in [0.25, 0.3) is 0 Å². The first-order valence-electron chi connectivity index (χ1n) is 27.0. The molecule has 0 radical (unpaired) electrons. The average Bonchev–Trinajstić information content (AvgIpc) is 3.26. The molecule has 0 aromatic carbocycles. The van der Waals surface area contributed by atoms with Crippen molar-refractivity contribution in [2.75, 3.05) is 47.5 Å². The number of rotatable bonds is 50. The van der Waals surface area contributed by atoms with Crippen LogP contribution in [-0.4, -0.2) is 82.3 Å². The summed E-state index contributed by atoms with van der Waals surface area (Å²) in [6.45, 7) is 4.72. The Morgan fingerprint density at radius 2 is 0.844 bits per heavy atom. The van der Waals surface area contributed by atoms with E-state index in [4.69, 9.17) is 18.9 Å². The van der Waals surface area contributed by atoms with E-state index in [9.17, 15) is 19.5 Å². The molecule has 9 nitrogen and oxygen atoms in total. The lowest BCUT2D eigenvalue weighted by molar-refractivity contribution is -0.870. The number of carbonyl (C=O) groups excluding carboxylic acids is 3. The van der Waals surface area contributed by atoms with Gasteiger partial charge in [-0.1, -0.05) is 218 Å². The van der Waals surface area contributed by atoms with Crippen LogP contribution in [0.2, 0.25) is 0 Å². The summed E-state index contributed by atoms with van der Waals surface area (Å²) in [6.07, 6.45) is 51.1. The van der Waals surface area contributed by atoms with Gasteiger partial charge < -0.3 is 33.3 Å². The molecule has 0 aromatic rings. The SMILES string of the molecule is CCCCCCC/C=C\C/C=C\CCCCCCCCCCCCCCCCCCCCCC(=O)OC(COC(=O)CCCCCCCCCC)COC(OCC[N+](C)(C)C)C(=O)[O-]. The Kier molecular flexibility index (Phi) is 45.6. The number of allylic oxidation sites excluding steroid dienone is 4. The van der Waals surface area contributed by atoms with E-state index in [2.05, 4.69) is 38.2 Å². The van der Waals surface area contributed by atoms with Gasteiger partial charge in [0.05, 0.1) is 40.3 Å². The zero-order chi connectivity index (χ0) is 47.0. The predicted molar refractivity (Wildman–Crippen MR) is 265 cm³/mol. The molecule has 64 heavy (non-hydrogen) atoms. The normalized spacial score (nSPS) is 13.0. The van der Waals surface area contributed by atoms with Crippen molar-refractivity contribution < 1.29 is 42.9 Å². The molecule has 0 aliphatic carbocycles. The molecule has 0 rings (SSSR count). The van der Waals surface area contributed by atoms with Gasteiger partial charge in [-0.3, -0.25) is 9.59 Å². The average molecular weight is 906 g/mol. The molecule has 2 unspecified atom stereocenters. The second-order valence-electron chi connectivity index (χ2n) is 19.5. The number of likely N-dealkylation sites (N-methyl/N-ethyl adjacent to an activating group) is 1. The molecule has 0 heterocycles. The summed E-state index contributed by atoms with van der Waals surface area (Å²) in [4.78, 5) is 36.9. The van der Waals surface area contributed by atoms with E-state index in [1.165, 1.54) is 180 Å². The third kappa shape index (κ3) is 47.7. The van der Waals surface area contributed by atoms with E-state index < -0.39 is 24.3 Å². The monoisotopic (exact) mass is 906 g/mol. The van der Waals surface area contributed by atoms with Gasteiger partial charge in [-0.15, -0.1) is 0 Å². The van der Waals surface area contributed by atoms with Crippen molar-refractivity contribution in [2.24, 2.45) is 0 Å². The van der Waals surface area contributed by atoms with Gasteiger partial charge in [0, 0.05) is 12.8 Å². The van der Waals surface area contributed by atoms with Crippen LogP contribution >= 0.6 is 0 Å². The van der Waals surface area contributed by atoms with Gasteiger partial charge >= 0.3 is 11.9 Å². The number of hydrogen-bond acceptors (Lipinski definition) is 8. The van der Waals surface area contributed by atoms with Gasteiger partial charge in [-0.2, -0.15) is 0 Å². The fourth-order valence-electron chi connectivity index (χ4n) is 7.74. The fraction of sp³-hybridized carbons (Fsp3) is 0.873. The molecule has 0 fully saturated rings. The highest BCUT2D eigenvalue weighted by molar-refractivity contribution is 5.70. The topological polar surface area (TPSA) is 111 Å². The summed E-state index contributed by atoms with van der Waals surface area (Å²) in [7, 11) is 5.92. The van der Waals surface area contributed by atoms with Gasteiger partial charge in [0.2, 0.25) is 0 Å². The molecule has 0 saturated carbocycles. The summed E-state index contributed by atoms with van der Waals surface area (Å²) in [6, 6.07) is 0. The smallest absolute Gasteiger partial charge is 0.306 e. The van der Waals surface area contributed by atoms with Gasteiger partial charge in [0.1, 0.15) is 13.2 Å². The molecule has 0 bridgehead atoms. The first-order valence-corrected chi connectivity index (χ1v) is 27.0. The van der Waals surface area contributed by atoms with Crippen LogP contribution in [0.15, 0.2) is 24.3 Å². The number of unbranched alkanes of at least 4 members (excludes halogenated alkanes) is 31. The quantitative estimate of drug-likeness (QED) is 0.0195. The van der Waals surface area contributed by atoms with Crippen LogP contribution in [0.3, 0.4) is 0 Å². The minimum atomic E-state index is -1.61. The Bertz CT molecular complexity index is 1100. The third-order valence-electron chi connectivity index (χ3n) is 12.0. The molecule has 0 aliphatic heterocycles. The number of aliphatic carboxylic acids is 1. The van der Waals surface area contributed by atoms with Crippen molar-refractivity contribution in [3.8, 4) is 0 Å².